The maximum absolute atomic E-state index is 13.6. The fraction of sp³-hybridized carbons (Fsp3) is 0.292. The van der Waals surface area contributed by atoms with Crippen LogP contribution in [0.25, 0.3) is 10.9 Å². The summed E-state index contributed by atoms with van der Waals surface area (Å²) >= 11 is 5.91. The van der Waals surface area contributed by atoms with Crippen LogP contribution in [-0.2, 0) is 9.53 Å². The molecule has 178 valence electrons. The van der Waals surface area contributed by atoms with Crippen LogP contribution < -0.4 is 15.4 Å². The summed E-state index contributed by atoms with van der Waals surface area (Å²) in [6.07, 6.45) is 5.32. The third-order valence-corrected chi connectivity index (χ3v) is 5.39. The van der Waals surface area contributed by atoms with Crippen LogP contribution in [0.5, 0.6) is 5.75 Å². The van der Waals surface area contributed by atoms with Gasteiger partial charge in [-0.1, -0.05) is 17.7 Å². The number of carbonyl (C=O) groups is 1. The van der Waals surface area contributed by atoms with Crippen molar-refractivity contribution in [1.29, 1.82) is 0 Å². The van der Waals surface area contributed by atoms with Crippen molar-refractivity contribution in [2.75, 3.05) is 44.5 Å². The first kappa shape index (κ1) is 23.9. The van der Waals surface area contributed by atoms with Gasteiger partial charge in [-0.25, -0.2) is 14.4 Å². The van der Waals surface area contributed by atoms with Gasteiger partial charge in [-0.2, -0.15) is 0 Å². The predicted molar refractivity (Wildman–Crippen MR) is 130 cm³/mol. The average molecular weight is 486 g/mol. The van der Waals surface area contributed by atoms with Crippen molar-refractivity contribution < 1.29 is 18.7 Å². The summed E-state index contributed by atoms with van der Waals surface area (Å²) in [4.78, 5) is 23.2. The SMILES string of the molecule is CN(C)CC=CC(=O)Nc1cc2c(Nc3ccc(F)c(Cl)c3)ncnc2cc1O[C@@H]1CCOC1. The summed E-state index contributed by atoms with van der Waals surface area (Å²) in [6, 6.07) is 7.82. The number of hydrogen-bond acceptors (Lipinski definition) is 7. The molecule has 0 bridgehead atoms. The van der Waals surface area contributed by atoms with Gasteiger partial charge in [0.05, 0.1) is 29.4 Å². The van der Waals surface area contributed by atoms with Crippen molar-refractivity contribution in [2.45, 2.75) is 12.5 Å². The number of likely N-dealkylation sites (N-methyl/N-ethyl adjacent to an activating group) is 1. The standard InChI is InChI=1S/C24H25ClFN5O3/c1-31(2)8-3-4-23(32)30-21-11-17-20(12-22(21)34-16-7-9-33-13-16)27-14-28-24(17)29-15-5-6-19(26)18(25)10-15/h3-6,10-12,14,16H,7-9,13H2,1-2H3,(H,30,32)(H,27,28,29)/t16-/m1/s1. The Hall–Kier alpha value is -3.27. The molecule has 1 atom stereocenters. The zero-order chi connectivity index (χ0) is 24.1. The van der Waals surface area contributed by atoms with Gasteiger partial charge in [-0.15, -0.1) is 0 Å². The van der Waals surface area contributed by atoms with Gasteiger partial charge < -0.3 is 25.0 Å². The van der Waals surface area contributed by atoms with Gasteiger partial charge >= 0.3 is 0 Å². The van der Waals surface area contributed by atoms with Crippen LogP contribution in [0.1, 0.15) is 6.42 Å². The molecule has 2 heterocycles. The first-order valence-corrected chi connectivity index (χ1v) is 11.1. The van der Waals surface area contributed by atoms with E-state index >= 15 is 0 Å². The van der Waals surface area contributed by atoms with Gasteiger partial charge in [-0.3, -0.25) is 4.79 Å². The van der Waals surface area contributed by atoms with E-state index in [1.807, 2.05) is 19.0 Å². The maximum Gasteiger partial charge on any atom is 0.248 e. The highest BCUT2D eigenvalue weighted by Crippen LogP contribution is 2.35. The number of halogens is 2. The van der Waals surface area contributed by atoms with Crippen LogP contribution >= 0.6 is 11.6 Å². The molecule has 3 aromatic rings. The molecular formula is C24H25ClFN5O3. The number of ether oxygens (including phenoxy) is 2. The van der Waals surface area contributed by atoms with E-state index in [1.165, 1.54) is 24.5 Å². The fourth-order valence-electron chi connectivity index (χ4n) is 3.42. The fourth-order valence-corrected chi connectivity index (χ4v) is 3.60. The molecule has 8 nitrogen and oxygen atoms in total. The van der Waals surface area contributed by atoms with Gasteiger partial charge in [-0.05, 0) is 38.4 Å². The molecule has 1 aliphatic heterocycles. The molecule has 1 aliphatic rings. The van der Waals surface area contributed by atoms with E-state index in [-0.39, 0.29) is 17.0 Å². The number of anilines is 3. The summed E-state index contributed by atoms with van der Waals surface area (Å²) in [5.41, 5.74) is 1.65. The van der Waals surface area contributed by atoms with Gasteiger partial charge in [0.1, 0.15) is 29.8 Å². The largest absolute Gasteiger partial charge is 0.486 e. The lowest BCUT2D eigenvalue weighted by Gasteiger charge is -2.17. The molecule has 34 heavy (non-hydrogen) atoms. The molecule has 2 N–H and O–H groups in total. The molecule has 0 saturated carbocycles. The Bertz CT molecular complexity index is 1210. The van der Waals surface area contributed by atoms with E-state index < -0.39 is 5.82 Å². The molecule has 0 radical (unpaired) electrons. The van der Waals surface area contributed by atoms with Crippen LogP contribution in [0.15, 0.2) is 48.8 Å². The lowest BCUT2D eigenvalue weighted by Crippen LogP contribution is -2.18. The van der Waals surface area contributed by atoms with Crippen molar-refractivity contribution in [3.63, 3.8) is 0 Å². The molecule has 1 saturated heterocycles. The van der Waals surface area contributed by atoms with E-state index in [0.29, 0.717) is 53.6 Å². The van der Waals surface area contributed by atoms with Gasteiger partial charge in [0.15, 0.2) is 0 Å². The number of aromatic nitrogens is 2. The second-order valence-electron chi connectivity index (χ2n) is 8.10. The predicted octanol–water partition coefficient (Wildman–Crippen LogP) is 4.39. The van der Waals surface area contributed by atoms with Gasteiger partial charge in [0.25, 0.3) is 0 Å². The Kier molecular flexibility index (Phi) is 7.56. The summed E-state index contributed by atoms with van der Waals surface area (Å²) in [5.74, 6) is 0.170. The molecule has 0 spiro atoms. The molecule has 1 aromatic heterocycles. The van der Waals surface area contributed by atoms with Crippen molar-refractivity contribution in [3.05, 3.63) is 59.7 Å². The number of benzene rings is 2. The highest BCUT2D eigenvalue weighted by Gasteiger charge is 2.20. The minimum absolute atomic E-state index is 0.00436. The number of nitrogens with one attached hydrogen (secondary N) is 2. The topological polar surface area (TPSA) is 88.6 Å². The lowest BCUT2D eigenvalue weighted by molar-refractivity contribution is -0.111. The molecule has 2 aromatic carbocycles. The number of rotatable bonds is 8. The van der Waals surface area contributed by atoms with Gasteiger partial charge in [0, 0.05) is 36.2 Å². The van der Waals surface area contributed by atoms with Crippen LogP contribution in [-0.4, -0.2) is 60.7 Å². The Morgan fingerprint density at radius 2 is 2.18 bits per heavy atom. The van der Waals surface area contributed by atoms with Gasteiger partial charge in [0.2, 0.25) is 5.91 Å². The zero-order valence-corrected chi connectivity index (χ0v) is 19.6. The smallest absolute Gasteiger partial charge is 0.248 e. The second-order valence-corrected chi connectivity index (χ2v) is 8.51. The Morgan fingerprint density at radius 1 is 1.32 bits per heavy atom. The molecule has 1 fully saturated rings. The van der Waals surface area contributed by atoms with E-state index in [1.54, 1.807) is 24.3 Å². The minimum Gasteiger partial charge on any atom is -0.486 e. The minimum atomic E-state index is -0.509. The van der Waals surface area contributed by atoms with E-state index in [2.05, 4.69) is 20.6 Å². The number of nitrogens with zero attached hydrogens (tertiary/aromatic N) is 3. The molecule has 0 aliphatic carbocycles. The summed E-state index contributed by atoms with van der Waals surface area (Å²) in [7, 11) is 3.84. The second kappa shape index (κ2) is 10.8. The zero-order valence-electron chi connectivity index (χ0n) is 18.8. The molecular weight excluding hydrogens is 461 g/mol. The molecule has 1 amide bonds. The Labute approximate surface area is 201 Å². The lowest BCUT2D eigenvalue weighted by atomic mass is 10.1. The maximum atomic E-state index is 13.6. The van der Waals surface area contributed by atoms with Crippen LogP contribution in [0.2, 0.25) is 5.02 Å². The van der Waals surface area contributed by atoms with E-state index in [9.17, 15) is 9.18 Å². The Morgan fingerprint density at radius 3 is 2.91 bits per heavy atom. The quantitative estimate of drug-likeness (QED) is 0.457. The van der Waals surface area contributed by atoms with Crippen molar-refractivity contribution in [1.82, 2.24) is 14.9 Å². The van der Waals surface area contributed by atoms with E-state index in [4.69, 9.17) is 21.1 Å². The molecule has 0 unspecified atom stereocenters. The van der Waals surface area contributed by atoms with E-state index in [0.717, 1.165) is 6.42 Å². The van der Waals surface area contributed by atoms with Crippen LogP contribution in [0.3, 0.4) is 0 Å². The number of hydrogen-bond donors (Lipinski definition) is 2. The van der Waals surface area contributed by atoms with Crippen molar-refractivity contribution in [3.8, 4) is 5.75 Å². The normalized spacial score (nSPS) is 15.9. The Balaban J connectivity index is 1.68. The van der Waals surface area contributed by atoms with Crippen molar-refractivity contribution in [2.24, 2.45) is 0 Å². The summed E-state index contributed by atoms with van der Waals surface area (Å²) in [5, 5.41) is 6.67. The number of carbonyl (C=O) groups excluding carboxylic acids is 1. The highest BCUT2D eigenvalue weighted by molar-refractivity contribution is 6.31. The third-order valence-electron chi connectivity index (χ3n) is 5.10. The summed E-state index contributed by atoms with van der Waals surface area (Å²) < 4.78 is 25.1. The monoisotopic (exact) mass is 485 g/mol. The molecule has 10 heteroatoms. The summed E-state index contributed by atoms with van der Waals surface area (Å²) in [6.45, 7) is 1.75. The van der Waals surface area contributed by atoms with Crippen molar-refractivity contribution >= 4 is 45.6 Å². The average Bonchev–Trinajstić information content (AvgIpc) is 3.30. The highest BCUT2D eigenvalue weighted by atomic mass is 35.5. The van der Waals surface area contributed by atoms with Crippen LogP contribution in [0, 0.1) is 5.82 Å². The van der Waals surface area contributed by atoms with Crippen LogP contribution in [0.4, 0.5) is 21.6 Å². The number of amides is 1. The third kappa shape index (κ3) is 5.99. The first-order chi connectivity index (χ1) is 16.4. The first-order valence-electron chi connectivity index (χ1n) is 10.8. The number of fused-ring (bicyclic) bond motifs is 1. The molecule has 4 rings (SSSR count).